The van der Waals surface area contributed by atoms with Crippen LogP contribution in [0.4, 0.5) is 0 Å². The number of aryl methyl sites for hydroxylation is 1. The van der Waals surface area contributed by atoms with Crippen molar-refractivity contribution in [3.8, 4) is 0 Å². The van der Waals surface area contributed by atoms with E-state index in [1.807, 2.05) is 25.1 Å². The van der Waals surface area contributed by atoms with Crippen molar-refractivity contribution in [2.75, 3.05) is 13.1 Å². The zero-order valence-corrected chi connectivity index (χ0v) is 14.1. The highest BCUT2D eigenvalue weighted by Crippen LogP contribution is 2.11. The van der Waals surface area contributed by atoms with Crippen LogP contribution in [0.5, 0.6) is 0 Å². The fourth-order valence-electron chi connectivity index (χ4n) is 2.65. The molecule has 24 heavy (non-hydrogen) atoms. The third-order valence-corrected chi connectivity index (χ3v) is 4.04. The van der Waals surface area contributed by atoms with Gasteiger partial charge in [-0.2, -0.15) is 0 Å². The molecule has 1 aliphatic rings. The number of carbonyl (C=O) groups is 3. The van der Waals surface area contributed by atoms with Crippen LogP contribution in [0.3, 0.4) is 0 Å². The van der Waals surface area contributed by atoms with E-state index in [1.165, 1.54) is 10.5 Å². The average Bonchev–Trinajstić information content (AvgIpc) is 2.89. The normalized spacial score (nSPS) is 15.0. The van der Waals surface area contributed by atoms with Crippen LogP contribution in [0.2, 0.25) is 0 Å². The van der Waals surface area contributed by atoms with Gasteiger partial charge in [0.25, 0.3) is 0 Å². The molecule has 0 bridgehead atoms. The summed E-state index contributed by atoms with van der Waals surface area (Å²) >= 11 is 0. The molecule has 0 spiro atoms. The summed E-state index contributed by atoms with van der Waals surface area (Å²) in [7, 11) is 0. The Labute approximate surface area is 142 Å². The number of rotatable bonds is 8. The molecule has 1 aliphatic heterocycles. The Morgan fingerprint density at radius 2 is 1.83 bits per heavy atom. The minimum absolute atomic E-state index is 0.108. The van der Waals surface area contributed by atoms with Gasteiger partial charge < -0.3 is 5.32 Å². The molecule has 128 valence electrons. The van der Waals surface area contributed by atoms with E-state index in [2.05, 4.69) is 17.4 Å². The topological polar surface area (TPSA) is 66.5 Å². The number of hydrogen-bond acceptors (Lipinski definition) is 3. The van der Waals surface area contributed by atoms with E-state index in [9.17, 15) is 14.4 Å². The zero-order chi connectivity index (χ0) is 17.4. The summed E-state index contributed by atoms with van der Waals surface area (Å²) in [5.41, 5.74) is 2.28. The molecule has 2 rings (SSSR count). The van der Waals surface area contributed by atoms with Crippen molar-refractivity contribution < 1.29 is 14.4 Å². The summed E-state index contributed by atoms with van der Waals surface area (Å²) in [4.78, 5) is 36.1. The van der Waals surface area contributed by atoms with E-state index in [-0.39, 0.29) is 17.7 Å². The van der Waals surface area contributed by atoms with E-state index in [4.69, 9.17) is 0 Å². The minimum atomic E-state index is -0.125. The van der Waals surface area contributed by atoms with Gasteiger partial charge in [0.2, 0.25) is 17.7 Å². The summed E-state index contributed by atoms with van der Waals surface area (Å²) < 4.78 is 0. The fourth-order valence-corrected chi connectivity index (χ4v) is 2.65. The van der Waals surface area contributed by atoms with E-state index in [1.54, 1.807) is 6.08 Å². The van der Waals surface area contributed by atoms with Crippen molar-refractivity contribution in [2.24, 2.45) is 0 Å². The molecule has 0 atom stereocenters. The molecular weight excluding hydrogens is 304 g/mol. The molecule has 1 aromatic carbocycles. The van der Waals surface area contributed by atoms with Crippen LogP contribution in [0.25, 0.3) is 0 Å². The number of likely N-dealkylation sites (tertiary alicyclic amines) is 1. The Morgan fingerprint density at radius 1 is 1.17 bits per heavy atom. The number of allylic oxidation sites excluding steroid dienone is 1. The molecule has 0 aliphatic carbocycles. The maximum absolute atomic E-state index is 11.9. The highest BCUT2D eigenvalue weighted by atomic mass is 16.2. The molecule has 0 unspecified atom stereocenters. The SMILES string of the molecule is CC(=CC(=O)NCCCN1C(=O)CCC1=O)CCc1ccccc1. The van der Waals surface area contributed by atoms with E-state index in [0.29, 0.717) is 32.4 Å². The van der Waals surface area contributed by atoms with Crippen LogP contribution < -0.4 is 5.32 Å². The molecule has 0 radical (unpaired) electrons. The second kappa shape index (κ2) is 9.01. The lowest BCUT2D eigenvalue weighted by Crippen LogP contribution is -2.32. The lowest BCUT2D eigenvalue weighted by Gasteiger charge is -2.13. The number of nitrogens with one attached hydrogen (secondary N) is 1. The Balaban J connectivity index is 1.64. The molecule has 5 heteroatoms. The monoisotopic (exact) mass is 328 g/mol. The van der Waals surface area contributed by atoms with Crippen LogP contribution >= 0.6 is 0 Å². The molecule has 1 fully saturated rings. The highest BCUT2D eigenvalue weighted by molar-refractivity contribution is 6.01. The molecule has 3 amide bonds. The molecular formula is C19H24N2O3. The van der Waals surface area contributed by atoms with Crippen molar-refractivity contribution in [1.82, 2.24) is 10.2 Å². The van der Waals surface area contributed by atoms with Crippen LogP contribution in [0, 0.1) is 0 Å². The van der Waals surface area contributed by atoms with Crippen molar-refractivity contribution in [1.29, 1.82) is 0 Å². The number of imide groups is 1. The Bertz CT molecular complexity index is 607. The average molecular weight is 328 g/mol. The molecule has 5 nitrogen and oxygen atoms in total. The van der Waals surface area contributed by atoms with E-state index < -0.39 is 0 Å². The van der Waals surface area contributed by atoms with Crippen LogP contribution in [0.15, 0.2) is 42.0 Å². The zero-order valence-electron chi connectivity index (χ0n) is 14.1. The number of benzene rings is 1. The molecule has 1 N–H and O–H groups in total. The summed E-state index contributed by atoms with van der Waals surface area (Å²) in [6.07, 6.45) is 4.59. The number of hydrogen-bond donors (Lipinski definition) is 1. The second-order valence-corrected chi connectivity index (χ2v) is 6.06. The van der Waals surface area contributed by atoms with Gasteiger partial charge in [-0.3, -0.25) is 19.3 Å². The first-order valence-corrected chi connectivity index (χ1v) is 8.38. The summed E-state index contributed by atoms with van der Waals surface area (Å²) in [6.45, 7) is 2.79. The van der Waals surface area contributed by atoms with Gasteiger partial charge in [-0.15, -0.1) is 0 Å². The van der Waals surface area contributed by atoms with Gasteiger partial charge in [0, 0.05) is 32.0 Å². The number of amides is 3. The first-order valence-electron chi connectivity index (χ1n) is 8.38. The van der Waals surface area contributed by atoms with Crippen molar-refractivity contribution in [3.05, 3.63) is 47.5 Å². The minimum Gasteiger partial charge on any atom is -0.352 e. The molecule has 1 aromatic rings. The lowest BCUT2D eigenvalue weighted by atomic mass is 10.1. The summed E-state index contributed by atoms with van der Waals surface area (Å²) in [5.74, 6) is -0.342. The molecule has 0 saturated carbocycles. The van der Waals surface area contributed by atoms with Gasteiger partial charge in [-0.05, 0) is 31.7 Å². The molecule has 1 heterocycles. The predicted octanol–water partition coefficient (Wildman–Crippen LogP) is 2.22. The maximum Gasteiger partial charge on any atom is 0.243 e. The highest BCUT2D eigenvalue weighted by Gasteiger charge is 2.27. The molecule has 1 saturated heterocycles. The summed E-state index contributed by atoms with van der Waals surface area (Å²) in [6, 6.07) is 10.2. The first-order chi connectivity index (χ1) is 11.6. The third kappa shape index (κ3) is 5.65. The van der Waals surface area contributed by atoms with Crippen molar-refractivity contribution >= 4 is 17.7 Å². The van der Waals surface area contributed by atoms with Gasteiger partial charge in [0.05, 0.1) is 0 Å². The van der Waals surface area contributed by atoms with Gasteiger partial charge in [-0.1, -0.05) is 35.9 Å². The van der Waals surface area contributed by atoms with Crippen molar-refractivity contribution in [3.63, 3.8) is 0 Å². The number of carbonyl (C=O) groups excluding carboxylic acids is 3. The largest absolute Gasteiger partial charge is 0.352 e. The van der Waals surface area contributed by atoms with Gasteiger partial charge >= 0.3 is 0 Å². The van der Waals surface area contributed by atoms with Crippen LogP contribution in [-0.4, -0.2) is 35.7 Å². The summed E-state index contributed by atoms with van der Waals surface area (Å²) in [5, 5.41) is 2.80. The molecule has 0 aromatic heterocycles. The van der Waals surface area contributed by atoms with Gasteiger partial charge in [0.1, 0.15) is 0 Å². The first kappa shape index (κ1) is 17.9. The van der Waals surface area contributed by atoms with Gasteiger partial charge in [-0.25, -0.2) is 0 Å². The standard InChI is InChI=1S/C19H24N2O3/c1-15(8-9-16-6-3-2-4-7-16)14-17(22)20-12-5-13-21-18(23)10-11-19(21)24/h2-4,6-7,14H,5,8-13H2,1H3,(H,20,22). The Kier molecular flexibility index (Phi) is 6.73. The quantitative estimate of drug-likeness (QED) is 0.452. The van der Waals surface area contributed by atoms with Crippen LogP contribution in [0.1, 0.15) is 38.2 Å². The Morgan fingerprint density at radius 3 is 2.50 bits per heavy atom. The van der Waals surface area contributed by atoms with Crippen molar-refractivity contribution in [2.45, 2.75) is 39.0 Å². The van der Waals surface area contributed by atoms with Gasteiger partial charge in [0.15, 0.2) is 0 Å². The third-order valence-electron chi connectivity index (χ3n) is 4.04. The second-order valence-electron chi connectivity index (χ2n) is 6.06. The smallest absolute Gasteiger partial charge is 0.243 e. The number of nitrogens with zero attached hydrogens (tertiary/aromatic N) is 1. The lowest BCUT2D eigenvalue weighted by molar-refractivity contribution is -0.138. The fraction of sp³-hybridized carbons (Fsp3) is 0.421. The Hall–Kier alpha value is -2.43. The van der Waals surface area contributed by atoms with E-state index in [0.717, 1.165) is 18.4 Å². The van der Waals surface area contributed by atoms with Crippen LogP contribution in [-0.2, 0) is 20.8 Å². The predicted molar refractivity (Wildman–Crippen MR) is 92.1 cm³/mol. The van der Waals surface area contributed by atoms with E-state index >= 15 is 0 Å². The maximum atomic E-state index is 11.9.